The second-order valence-electron chi connectivity index (χ2n) is 7.66. The highest BCUT2D eigenvalue weighted by Crippen LogP contribution is 2.18. The molecule has 2 heterocycles. The minimum absolute atomic E-state index is 0.131. The van der Waals surface area contributed by atoms with Crippen LogP contribution >= 0.6 is 0 Å². The van der Waals surface area contributed by atoms with Gasteiger partial charge in [-0.25, -0.2) is 4.39 Å². The number of aromatic nitrogens is 1. The van der Waals surface area contributed by atoms with Gasteiger partial charge in [0, 0.05) is 50.8 Å². The first kappa shape index (κ1) is 20.8. The summed E-state index contributed by atoms with van der Waals surface area (Å²) >= 11 is 0. The number of nitrogens with zero attached hydrogens (tertiary/aromatic N) is 3. The second kappa shape index (κ2) is 9.49. The van der Waals surface area contributed by atoms with Gasteiger partial charge < -0.3 is 15.1 Å². The third-order valence-corrected chi connectivity index (χ3v) is 5.01. The Balaban J connectivity index is 1.58. The van der Waals surface area contributed by atoms with Crippen LogP contribution in [0.4, 0.5) is 10.1 Å². The summed E-state index contributed by atoms with van der Waals surface area (Å²) in [6.45, 7) is 7.24. The van der Waals surface area contributed by atoms with Gasteiger partial charge in [-0.1, -0.05) is 13.8 Å². The van der Waals surface area contributed by atoms with Gasteiger partial charge in [0.1, 0.15) is 5.82 Å². The monoisotopic (exact) mass is 398 g/mol. The molecule has 7 heteroatoms. The number of carbonyl (C=O) groups is 2. The smallest absolute Gasteiger partial charge is 0.255 e. The molecule has 2 aromatic rings. The lowest BCUT2D eigenvalue weighted by Gasteiger charge is -2.36. The van der Waals surface area contributed by atoms with E-state index in [0.717, 1.165) is 12.1 Å². The first-order chi connectivity index (χ1) is 13.9. The van der Waals surface area contributed by atoms with E-state index in [1.54, 1.807) is 23.1 Å². The molecule has 1 aromatic heterocycles. The maximum Gasteiger partial charge on any atom is 0.255 e. The molecular formula is C22H27FN4O2. The Hall–Kier alpha value is -2.96. The Morgan fingerprint density at radius 1 is 1.07 bits per heavy atom. The summed E-state index contributed by atoms with van der Waals surface area (Å²) in [6.07, 6.45) is 3.88. The van der Waals surface area contributed by atoms with E-state index in [4.69, 9.17) is 0 Å². The van der Waals surface area contributed by atoms with Crippen LogP contribution in [0.2, 0.25) is 0 Å². The third kappa shape index (κ3) is 5.53. The summed E-state index contributed by atoms with van der Waals surface area (Å²) in [6, 6.07) is 7.98. The summed E-state index contributed by atoms with van der Waals surface area (Å²) in [5.74, 6) is -0.0971. The number of benzene rings is 1. The molecule has 154 valence electrons. The number of hydrogen-bond donors (Lipinski definition) is 1. The summed E-state index contributed by atoms with van der Waals surface area (Å²) in [5.41, 5.74) is 1.75. The lowest BCUT2D eigenvalue weighted by Crippen LogP contribution is -2.48. The molecule has 3 rings (SSSR count). The highest BCUT2D eigenvalue weighted by atomic mass is 19.1. The van der Waals surface area contributed by atoms with Gasteiger partial charge in [-0.05, 0) is 42.7 Å². The maximum absolute atomic E-state index is 13.1. The third-order valence-electron chi connectivity index (χ3n) is 5.01. The van der Waals surface area contributed by atoms with Crippen LogP contribution in [-0.4, -0.2) is 54.4 Å². The van der Waals surface area contributed by atoms with E-state index in [9.17, 15) is 14.0 Å². The molecule has 2 amide bonds. The van der Waals surface area contributed by atoms with Crippen LogP contribution in [0.25, 0.3) is 0 Å². The highest BCUT2D eigenvalue weighted by molar-refractivity contribution is 5.99. The topological polar surface area (TPSA) is 65.5 Å². The van der Waals surface area contributed by atoms with Crippen molar-refractivity contribution < 1.29 is 14.0 Å². The SMILES string of the molecule is CC(C)CCNC(=O)c1cncc(C(=O)N2CCN(c3ccc(F)cc3)CC2)c1. The number of piperazine rings is 1. The Kier molecular flexibility index (Phi) is 6.80. The van der Waals surface area contributed by atoms with Gasteiger partial charge in [-0.3, -0.25) is 14.6 Å². The van der Waals surface area contributed by atoms with Gasteiger partial charge in [0.25, 0.3) is 11.8 Å². The van der Waals surface area contributed by atoms with Crippen molar-refractivity contribution in [2.24, 2.45) is 5.92 Å². The largest absolute Gasteiger partial charge is 0.368 e. The zero-order valence-corrected chi connectivity index (χ0v) is 16.9. The van der Waals surface area contributed by atoms with Crippen molar-refractivity contribution in [2.45, 2.75) is 20.3 Å². The zero-order valence-electron chi connectivity index (χ0n) is 16.9. The van der Waals surface area contributed by atoms with Crippen molar-refractivity contribution in [1.29, 1.82) is 0 Å². The number of anilines is 1. The van der Waals surface area contributed by atoms with E-state index < -0.39 is 0 Å². The molecule has 1 aliphatic rings. The van der Waals surface area contributed by atoms with Crippen molar-refractivity contribution in [3.05, 3.63) is 59.7 Å². The first-order valence-corrected chi connectivity index (χ1v) is 9.97. The molecular weight excluding hydrogens is 371 g/mol. The fourth-order valence-corrected chi connectivity index (χ4v) is 3.26. The van der Waals surface area contributed by atoms with E-state index in [0.29, 0.717) is 49.8 Å². The van der Waals surface area contributed by atoms with Crippen LogP contribution in [-0.2, 0) is 0 Å². The maximum atomic E-state index is 13.1. The van der Waals surface area contributed by atoms with E-state index in [-0.39, 0.29) is 17.6 Å². The zero-order chi connectivity index (χ0) is 20.8. The average molecular weight is 398 g/mol. The second-order valence-corrected chi connectivity index (χ2v) is 7.66. The standard InChI is InChI=1S/C22H27FN4O2/c1-16(2)7-8-25-21(28)17-13-18(15-24-14-17)22(29)27-11-9-26(10-12-27)20-5-3-19(23)4-6-20/h3-6,13-16H,7-12H2,1-2H3,(H,25,28). The van der Waals surface area contributed by atoms with Crippen molar-refractivity contribution in [1.82, 2.24) is 15.2 Å². The fraction of sp³-hybridized carbons (Fsp3) is 0.409. The summed E-state index contributed by atoms with van der Waals surface area (Å²) in [4.78, 5) is 33.1. The Labute approximate surface area is 170 Å². The summed E-state index contributed by atoms with van der Waals surface area (Å²) in [5, 5.41) is 2.87. The Morgan fingerprint density at radius 2 is 1.72 bits per heavy atom. The van der Waals surface area contributed by atoms with E-state index in [2.05, 4.69) is 29.0 Å². The van der Waals surface area contributed by atoms with Crippen molar-refractivity contribution >= 4 is 17.5 Å². The Bertz CT molecular complexity index is 846. The number of halogens is 1. The minimum atomic E-state index is -0.261. The van der Waals surface area contributed by atoms with Gasteiger partial charge in [-0.15, -0.1) is 0 Å². The van der Waals surface area contributed by atoms with E-state index in [1.165, 1.54) is 24.5 Å². The Morgan fingerprint density at radius 3 is 2.38 bits per heavy atom. The van der Waals surface area contributed by atoms with Gasteiger partial charge in [0.15, 0.2) is 0 Å². The molecule has 1 N–H and O–H groups in total. The van der Waals surface area contributed by atoms with Crippen LogP contribution in [0.3, 0.4) is 0 Å². The van der Waals surface area contributed by atoms with Crippen LogP contribution in [0, 0.1) is 11.7 Å². The first-order valence-electron chi connectivity index (χ1n) is 9.97. The molecule has 0 radical (unpaired) electrons. The van der Waals surface area contributed by atoms with Gasteiger partial charge >= 0.3 is 0 Å². The molecule has 0 unspecified atom stereocenters. The van der Waals surface area contributed by atoms with Crippen molar-refractivity contribution in [2.75, 3.05) is 37.6 Å². The molecule has 6 nitrogen and oxygen atoms in total. The molecule has 1 aliphatic heterocycles. The van der Waals surface area contributed by atoms with Gasteiger partial charge in [0.05, 0.1) is 11.1 Å². The lowest BCUT2D eigenvalue weighted by molar-refractivity contribution is 0.0746. The molecule has 1 fully saturated rings. The number of amides is 2. The molecule has 0 atom stereocenters. The van der Waals surface area contributed by atoms with E-state index in [1.807, 2.05) is 0 Å². The fourth-order valence-electron chi connectivity index (χ4n) is 3.26. The lowest BCUT2D eigenvalue weighted by atomic mass is 10.1. The number of hydrogen-bond acceptors (Lipinski definition) is 4. The van der Waals surface area contributed by atoms with Crippen molar-refractivity contribution in [3.8, 4) is 0 Å². The molecule has 1 saturated heterocycles. The van der Waals surface area contributed by atoms with Gasteiger partial charge in [-0.2, -0.15) is 0 Å². The van der Waals surface area contributed by atoms with Crippen LogP contribution < -0.4 is 10.2 Å². The van der Waals surface area contributed by atoms with Crippen LogP contribution in [0.5, 0.6) is 0 Å². The average Bonchev–Trinajstić information content (AvgIpc) is 2.73. The summed E-state index contributed by atoms with van der Waals surface area (Å²) in [7, 11) is 0. The number of pyridine rings is 1. The number of nitrogens with one attached hydrogen (secondary N) is 1. The number of rotatable bonds is 6. The minimum Gasteiger partial charge on any atom is -0.368 e. The molecule has 0 bridgehead atoms. The molecule has 1 aromatic carbocycles. The van der Waals surface area contributed by atoms with Crippen LogP contribution in [0.15, 0.2) is 42.7 Å². The molecule has 29 heavy (non-hydrogen) atoms. The van der Waals surface area contributed by atoms with Gasteiger partial charge in [0.2, 0.25) is 0 Å². The van der Waals surface area contributed by atoms with E-state index >= 15 is 0 Å². The number of carbonyl (C=O) groups excluding carboxylic acids is 2. The predicted octanol–water partition coefficient (Wildman–Crippen LogP) is 2.96. The quantitative estimate of drug-likeness (QED) is 0.813. The highest BCUT2D eigenvalue weighted by Gasteiger charge is 2.23. The van der Waals surface area contributed by atoms with Crippen molar-refractivity contribution in [3.63, 3.8) is 0 Å². The van der Waals surface area contributed by atoms with Crippen LogP contribution in [0.1, 0.15) is 41.0 Å². The summed E-state index contributed by atoms with van der Waals surface area (Å²) < 4.78 is 13.1. The molecule has 0 spiro atoms. The molecule has 0 saturated carbocycles. The molecule has 0 aliphatic carbocycles. The normalized spacial score (nSPS) is 14.2. The predicted molar refractivity (Wildman–Crippen MR) is 111 cm³/mol.